The molecule has 1 N–H and O–H groups in total. The highest BCUT2D eigenvalue weighted by Gasteiger charge is 2.44. The molecule has 4 nitrogen and oxygen atoms in total. The summed E-state index contributed by atoms with van der Waals surface area (Å²) in [6.07, 6.45) is 3.21. The number of hydrazone groups is 1. The first kappa shape index (κ1) is 23.2. The maximum absolute atomic E-state index is 13.7. The number of benzene rings is 2. The number of nitrogens with zero attached hydrogens (tertiary/aromatic N) is 2. The molecule has 1 aromatic heterocycles. The zero-order valence-corrected chi connectivity index (χ0v) is 20.5. The molecular weight excluding hydrogens is 426 g/mol. The molecule has 4 rings (SSSR count). The summed E-state index contributed by atoms with van der Waals surface area (Å²) in [5, 5.41) is 14.5. The van der Waals surface area contributed by atoms with Gasteiger partial charge in [0.25, 0.3) is 0 Å². The molecule has 2 atom stereocenters. The number of carbonyl (C=O) groups excluding carboxylic acids is 1. The van der Waals surface area contributed by atoms with Gasteiger partial charge in [0, 0.05) is 6.54 Å². The van der Waals surface area contributed by atoms with Crippen LogP contribution in [0.5, 0.6) is 0 Å². The first-order valence-corrected chi connectivity index (χ1v) is 12.7. The maximum atomic E-state index is 13.7. The average molecular weight is 460 g/mol. The van der Waals surface area contributed by atoms with Crippen molar-refractivity contribution >= 4 is 28.6 Å². The molecule has 1 amide bonds. The van der Waals surface area contributed by atoms with Crippen LogP contribution in [-0.2, 0) is 4.79 Å². The lowest BCUT2D eigenvalue weighted by Gasteiger charge is -2.27. The maximum Gasteiger partial charge on any atom is 0.231 e. The van der Waals surface area contributed by atoms with Crippen molar-refractivity contribution in [1.29, 1.82) is 0 Å². The number of para-hydroxylation sites is 1. The Morgan fingerprint density at radius 1 is 1.06 bits per heavy atom. The zero-order valence-electron chi connectivity index (χ0n) is 19.7. The van der Waals surface area contributed by atoms with Gasteiger partial charge in [0.15, 0.2) is 0 Å². The van der Waals surface area contributed by atoms with Crippen molar-refractivity contribution in [2.45, 2.75) is 46.1 Å². The van der Waals surface area contributed by atoms with Crippen molar-refractivity contribution in [3.8, 4) is 0 Å². The van der Waals surface area contributed by atoms with Crippen molar-refractivity contribution < 1.29 is 4.79 Å². The van der Waals surface area contributed by atoms with E-state index in [4.69, 9.17) is 5.10 Å². The Hall–Kier alpha value is -2.92. The SMILES string of the molecule is CCC(C)(C)CCCNC(=O)C1C(c2ccccc2)=NN(c2ccccc2)C1c1ccsc1. The third-order valence-electron chi connectivity index (χ3n) is 6.63. The van der Waals surface area contributed by atoms with Crippen LogP contribution in [0, 0.1) is 11.3 Å². The third-order valence-corrected chi connectivity index (χ3v) is 7.33. The van der Waals surface area contributed by atoms with Gasteiger partial charge in [0.05, 0.1) is 17.4 Å². The Balaban J connectivity index is 1.65. The molecule has 0 bridgehead atoms. The molecule has 1 aliphatic rings. The second-order valence-electron chi connectivity index (χ2n) is 9.42. The lowest BCUT2D eigenvalue weighted by Crippen LogP contribution is -2.39. The van der Waals surface area contributed by atoms with E-state index in [0.29, 0.717) is 12.0 Å². The van der Waals surface area contributed by atoms with Crippen LogP contribution in [0.3, 0.4) is 0 Å². The minimum atomic E-state index is -0.388. The van der Waals surface area contributed by atoms with Crippen molar-refractivity contribution in [3.05, 3.63) is 88.6 Å². The van der Waals surface area contributed by atoms with E-state index in [2.05, 4.69) is 55.0 Å². The molecule has 2 unspecified atom stereocenters. The van der Waals surface area contributed by atoms with E-state index >= 15 is 0 Å². The van der Waals surface area contributed by atoms with Gasteiger partial charge in [0.1, 0.15) is 5.92 Å². The fraction of sp³-hybridized carbons (Fsp3) is 0.357. The molecule has 2 heterocycles. The molecule has 0 spiro atoms. The highest BCUT2D eigenvalue weighted by molar-refractivity contribution is 7.08. The largest absolute Gasteiger partial charge is 0.355 e. The summed E-state index contributed by atoms with van der Waals surface area (Å²) in [6, 6.07) is 22.2. The number of carbonyl (C=O) groups is 1. The Bertz CT molecular complexity index is 1060. The molecule has 33 heavy (non-hydrogen) atoms. The Morgan fingerprint density at radius 3 is 2.39 bits per heavy atom. The Labute approximate surface area is 201 Å². The predicted molar refractivity (Wildman–Crippen MR) is 139 cm³/mol. The van der Waals surface area contributed by atoms with Gasteiger partial charge < -0.3 is 5.32 Å². The highest BCUT2D eigenvalue weighted by Crippen LogP contribution is 2.41. The van der Waals surface area contributed by atoms with Crippen LogP contribution in [0.1, 0.15) is 57.2 Å². The second-order valence-corrected chi connectivity index (χ2v) is 10.2. The number of anilines is 1. The predicted octanol–water partition coefficient (Wildman–Crippen LogP) is 6.66. The number of hydrogen-bond acceptors (Lipinski definition) is 4. The average Bonchev–Trinajstić information content (AvgIpc) is 3.51. The van der Waals surface area contributed by atoms with Crippen LogP contribution in [0.25, 0.3) is 0 Å². The first-order chi connectivity index (χ1) is 16.0. The van der Waals surface area contributed by atoms with Gasteiger partial charge in [-0.25, -0.2) is 0 Å². The molecule has 0 saturated heterocycles. The van der Waals surface area contributed by atoms with E-state index in [1.54, 1.807) is 11.3 Å². The monoisotopic (exact) mass is 459 g/mol. The van der Waals surface area contributed by atoms with Crippen LogP contribution < -0.4 is 10.3 Å². The molecule has 3 aromatic rings. The second kappa shape index (κ2) is 10.3. The van der Waals surface area contributed by atoms with Gasteiger partial charge in [-0.1, -0.05) is 75.7 Å². The van der Waals surface area contributed by atoms with Crippen molar-refractivity contribution in [3.63, 3.8) is 0 Å². The quantitative estimate of drug-likeness (QED) is 0.364. The highest BCUT2D eigenvalue weighted by atomic mass is 32.1. The van der Waals surface area contributed by atoms with Crippen LogP contribution in [-0.4, -0.2) is 18.2 Å². The van der Waals surface area contributed by atoms with E-state index in [9.17, 15) is 4.79 Å². The normalized spacial score (nSPS) is 18.3. The molecule has 1 aliphatic heterocycles. The molecule has 0 saturated carbocycles. The molecule has 5 heteroatoms. The number of rotatable bonds is 9. The summed E-state index contributed by atoms with van der Waals surface area (Å²) in [6.45, 7) is 7.48. The number of nitrogens with one attached hydrogen (secondary N) is 1. The van der Waals surface area contributed by atoms with E-state index in [-0.39, 0.29) is 17.9 Å². The summed E-state index contributed by atoms with van der Waals surface area (Å²) >= 11 is 1.65. The molecule has 0 aliphatic carbocycles. The van der Waals surface area contributed by atoms with Gasteiger partial charge in [-0.2, -0.15) is 16.4 Å². The molecule has 172 valence electrons. The van der Waals surface area contributed by atoms with Crippen LogP contribution in [0.2, 0.25) is 0 Å². The minimum Gasteiger partial charge on any atom is -0.355 e. The van der Waals surface area contributed by atoms with Gasteiger partial charge >= 0.3 is 0 Å². The summed E-state index contributed by atoms with van der Waals surface area (Å²) in [5.41, 5.74) is 4.22. The minimum absolute atomic E-state index is 0.0431. The fourth-order valence-electron chi connectivity index (χ4n) is 4.29. The number of amides is 1. The number of hydrogen-bond donors (Lipinski definition) is 1. The van der Waals surface area contributed by atoms with Gasteiger partial charge in [0.2, 0.25) is 5.91 Å². The lowest BCUT2D eigenvalue weighted by molar-refractivity contribution is -0.123. The summed E-state index contributed by atoms with van der Waals surface area (Å²) in [4.78, 5) is 13.7. The van der Waals surface area contributed by atoms with Crippen molar-refractivity contribution in [1.82, 2.24) is 5.32 Å². The van der Waals surface area contributed by atoms with E-state index in [1.807, 2.05) is 53.5 Å². The zero-order chi connectivity index (χ0) is 23.3. The van der Waals surface area contributed by atoms with Gasteiger partial charge in [-0.3, -0.25) is 9.80 Å². The summed E-state index contributed by atoms with van der Waals surface area (Å²) in [5.74, 6) is -0.345. The third kappa shape index (κ3) is 5.36. The Morgan fingerprint density at radius 2 is 1.76 bits per heavy atom. The molecular formula is C28H33N3OS. The molecule has 0 radical (unpaired) electrons. The van der Waals surface area contributed by atoms with Crippen LogP contribution >= 0.6 is 11.3 Å². The first-order valence-electron chi connectivity index (χ1n) is 11.8. The van der Waals surface area contributed by atoms with Crippen LogP contribution in [0.15, 0.2) is 82.6 Å². The standard InChI is InChI=1S/C28H33N3OS/c1-4-28(2,3)17-11-18-29-27(32)24-25(21-12-7-5-8-13-21)30-31(23-14-9-6-10-15-23)26(24)22-16-19-33-20-22/h5-10,12-16,19-20,24,26H,4,11,17-18H2,1-3H3,(H,29,32). The summed E-state index contributed by atoms with van der Waals surface area (Å²) in [7, 11) is 0. The van der Waals surface area contributed by atoms with Crippen LogP contribution in [0.4, 0.5) is 5.69 Å². The smallest absolute Gasteiger partial charge is 0.231 e. The van der Waals surface area contributed by atoms with Crippen molar-refractivity contribution in [2.75, 3.05) is 11.6 Å². The van der Waals surface area contributed by atoms with E-state index in [0.717, 1.165) is 41.8 Å². The Kier molecular flexibility index (Phi) is 7.29. The lowest BCUT2D eigenvalue weighted by atomic mass is 9.85. The van der Waals surface area contributed by atoms with Gasteiger partial charge in [-0.05, 0) is 58.3 Å². The van der Waals surface area contributed by atoms with E-state index < -0.39 is 0 Å². The summed E-state index contributed by atoms with van der Waals surface area (Å²) < 4.78 is 0. The number of thiophene rings is 1. The molecule has 0 fully saturated rings. The topological polar surface area (TPSA) is 44.7 Å². The van der Waals surface area contributed by atoms with E-state index in [1.165, 1.54) is 0 Å². The van der Waals surface area contributed by atoms with Gasteiger partial charge in [-0.15, -0.1) is 0 Å². The molecule has 2 aromatic carbocycles. The van der Waals surface area contributed by atoms with Crippen molar-refractivity contribution in [2.24, 2.45) is 16.4 Å². The fourth-order valence-corrected chi connectivity index (χ4v) is 4.98.